The van der Waals surface area contributed by atoms with Gasteiger partial charge in [0.05, 0.1) is 56.6 Å². The van der Waals surface area contributed by atoms with Crippen LogP contribution in [0.4, 0.5) is 13.2 Å². The molecule has 0 amide bonds. The van der Waals surface area contributed by atoms with Crippen molar-refractivity contribution in [2.24, 2.45) is 0 Å². The maximum Gasteiger partial charge on any atom is 0.416 e. The smallest absolute Gasteiger partial charge is 0.309 e. The topological polar surface area (TPSA) is 57.4 Å². The zero-order valence-electron chi connectivity index (χ0n) is 35.8. The number of fused-ring (bicyclic) bond motifs is 6. The molecule has 0 aliphatic rings. The monoisotopic (exact) mass is 858 g/mol. The van der Waals surface area contributed by atoms with Crippen LogP contribution in [0.15, 0.2) is 188 Å². The van der Waals surface area contributed by atoms with Crippen LogP contribution >= 0.6 is 0 Å². The first-order valence-electron chi connectivity index (χ1n) is 21.6. The summed E-state index contributed by atoms with van der Waals surface area (Å²) in [6, 6.07) is 65.3. The molecule has 0 aliphatic heterocycles. The van der Waals surface area contributed by atoms with Crippen LogP contribution in [-0.2, 0) is 6.18 Å². The van der Waals surface area contributed by atoms with Crippen LogP contribution in [0.1, 0.15) is 27.8 Å². The summed E-state index contributed by atoms with van der Waals surface area (Å²) in [6.07, 6.45) is -4.64. The standard InChI is InChI=1S/C59H37F3N4/c1-36-11-3-5-13-44(36)39-20-27-56-52(31-39)48-15-7-9-17-54(48)65(56)43-23-25-47(46-24-22-42(59(60,61)62)30-41(46)35-64)50(33-43)51-29-38(34-63)19-26-57(51)66-55-18-10-8-16-49(55)53-32-40(21-28-58(53)66)45-14-6-4-12-37(45)2/h3-33H,1-2H3. The van der Waals surface area contributed by atoms with E-state index >= 15 is 0 Å². The summed E-state index contributed by atoms with van der Waals surface area (Å²) in [5, 5.41) is 25.1. The van der Waals surface area contributed by atoms with Crippen LogP contribution in [0.5, 0.6) is 0 Å². The average Bonchev–Trinajstić information content (AvgIpc) is 3.85. The highest BCUT2D eigenvalue weighted by molar-refractivity contribution is 6.12. The maximum atomic E-state index is 14.1. The third-order valence-corrected chi connectivity index (χ3v) is 12.9. The molecule has 0 atom stereocenters. The third-order valence-electron chi connectivity index (χ3n) is 12.9. The predicted octanol–water partition coefficient (Wildman–Crippen LogP) is 15.9. The van der Waals surface area contributed by atoms with Crippen molar-refractivity contribution in [3.63, 3.8) is 0 Å². The summed E-state index contributed by atoms with van der Waals surface area (Å²) in [4.78, 5) is 0. The number of halogens is 3. The van der Waals surface area contributed by atoms with Gasteiger partial charge in [-0.2, -0.15) is 23.7 Å². The van der Waals surface area contributed by atoms with Gasteiger partial charge in [0.2, 0.25) is 0 Å². The summed E-state index contributed by atoms with van der Waals surface area (Å²) >= 11 is 0. The Labute approximate surface area is 378 Å². The summed E-state index contributed by atoms with van der Waals surface area (Å²) in [5.74, 6) is 0. The Hall–Kier alpha value is -8.65. The van der Waals surface area contributed by atoms with Gasteiger partial charge < -0.3 is 9.13 Å². The fourth-order valence-electron chi connectivity index (χ4n) is 9.81. The lowest BCUT2D eigenvalue weighted by Crippen LogP contribution is -2.06. The number of aromatic nitrogens is 2. The summed E-state index contributed by atoms with van der Waals surface area (Å²) in [6.45, 7) is 4.21. The highest BCUT2D eigenvalue weighted by Crippen LogP contribution is 2.45. The highest BCUT2D eigenvalue weighted by atomic mass is 19.4. The number of aryl methyl sites for hydroxylation is 2. The SMILES string of the molecule is Cc1ccccc1-c1ccc2c(c1)c1ccccc1n2-c1ccc(-c2ccc(C(F)(F)F)cc2C#N)c(-c2cc(C#N)ccc2-n2c3ccccc3c3cc(-c4ccccc4C)ccc32)c1. The molecule has 314 valence electrons. The van der Waals surface area contributed by atoms with Crippen molar-refractivity contribution in [1.29, 1.82) is 10.5 Å². The Balaban J connectivity index is 1.21. The molecule has 0 radical (unpaired) electrons. The molecule has 11 aromatic rings. The number of hydrogen-bond donors (Lipinski definition) is 0. The lowest BCUT2D eigenvalue weighted by atomic mass is 9.89. The predicted molar refractivity (Wildman–Crippen MR) is 261 cm³/mol. The molecule has 0 spiro atoms. The minimum absolute atomic E-state index is 0.113. The number of alkyl halides is 3. The normalized spacial score (nSPS) is 11.7. The van der Waals surface area contributed by atoms with E-state index in [1.165, 1.54) is 11.6 Å². The molecule has 0 aliphatic carbocycles. The Morgan fingerprint density at radius 1 is 0.409 bits per heavy atom. The second kappa shape index (κ2) is 15.6. The van der Waals surface area contributed by atoms with Crippen molar-refractivity contribution in [2.75, 3.05) is 0 Å². The van der Waals surface area contributed by atoms with E-state index in [9.17, 15) is 23.7 Å². The van der Waals surface area contributed by atoms with Gasteiger partial charge in [-0.05, 0) is 137 Å². The molecule has 2 aromatic heterocycles. The molecule has 0 unspecified atom stereocenters. The lowest BCUT2D eigenvalue weighted by molar-refractivity contribution is -0.137. The van der Waals surface area contributed by atoms with Gasteiger partial charge in [0, 0.05) is 38.4 Å². The number of hydrogen-bond acceptors (Lipinski definition) is 2. The van der Waals surface area contributed by atoms with Crippen molar-refractivity contribution in [3.8, 4) is 68.0 Å². The molecule has 2 heterocycles. The van der Waals surface area contributed by atoms with Gasteiger partial charge in [-0.15, -0.1) is 0 Å². The van der Waals surface area contributed by atoms with Gasteiger partial charge in [-0.25, -0.2) is 0 Å². The summed E-state index contributed by atoms with van der Waals surface area (Å²) in [5.41, 5.74) is 13.8. The van der Waals surface area contributed by atoms with Gasteiger partial charge in [0.25, 0.3) is 0 Å². The van der Waals surface area contributed by atoms with Crippen LogP contribution < -0.4 is 0 Å². The molecule has 0 saturated carbocycles. The van der Waals surface area contributed by atoms with Crippen molar-refractivity contribution in [2.45, 2.75) is 20.0 Å². The van der Waals surface area contributed by atoms with Crippen molar-refractivity contribution in [1.82, 2.24) is 9.13 Å². The first-order chi connectivity index (χ1) is 32.1. The molecule has 9 aromatic carbocycles. The summed E-state index contributed by atoms with van der Waals surface area (Å²) in [7, 11) is 0. The molecule has 0 fully saturated rings. The quantitative estimate of drug-likeness (QED) is 0.167. The zero-order valence-corrected chi connectivity index (χ0v) is 35.8. The molecular formula is C59H37F3N4. The van der Waals surface area contributed by atoms with E-state index in [0.717, 1.165) is 94.9 Å². The van der Waals surface area contributed by atoms with Crippen molar-refractivity contribution >= 4 is 43.6 Å². The Bertz CT molecular complexity index is 3870. The van der Waals surface area contributed by atoms with Gasteiger partial charge >= 0.3 is 6.18 Å². The zero-order chi connectivity index (χ0) is 45.3. The Kier molecular flexibility index (Phi) is 9.46. The molecule has 7 heteroatoms. The average molecular weight is 859 g/mol. The number of para-hydroxylation sites is 2. The second-order valence-electron chi connectivity index (χ2n) is 16.7. The van der Waals surface area contributed by atoms with Crippen LogP contribution in [0.2, 0.25) is 0 Å². The van der Waals surface area contributed by atoms with E-state index < -0.39 is 11.7 Å². The first kappa shape index (κ1) is 40.1. The lowest BCUT2D eigenvalue weighted by Gasteiger charge is -2.20. The van der Waals surface area contributed by atoms with Crippen LogP contribution in [0.25, 0.3) is 99.5 Å². The molecule has 66 heavy (non-hydrogen) atoms. The second-order valence-corrected chi connectivity index (χ2v) is 16.7. The minimum atomic E-state index is -4.64. The van der Waals surface area contributed by atoms with E-state index in [4.69, 9.17) is 0 Å². The van der Waals surface area contributed by atoms with Crippen LogP contribution in [-0.4, -0.2) is 9.13 Å². The molecular weight excluding hydrogens is 822 g/mol. The fourth-order valence-corrected chi connectivity index (χ4v) is 9.81. The van der Waals surface area contributed by atoms with Crippen LogP contribution in [0.3, 0.4) is 0 Å². The molecule has 0 N–H and O–H groups in total. The fraction of sp³-hybridized carbons (Fsp3) is 0.0508. The molecule has 4 nitrogen and oxygen atoms in total. The van der Waals surface area contributed by atoms with Gasteiger partial charge in [-0.3, -0.25) is 0 Å². The van der Waals surface area contributed by atoms with Gasteiger partial charge in [0.1, 0.15) is 0 Å². The highest BCUT2D eigenvalue weighted by Gasteiger charge is 2.32. The van der Waals surface area contributed by atoms with Crippen molar-refractivity contribution in [3.05, 3.63) is 216 Å². The summed E-state index contributed by atoms with van der Waals surface area (Å²) < 4.78 is 46.8. The van der Waals surface area contributed by atoms with E-state index in [0.29, 0.717) is 27.8 Å². The first-order valence-corrected chi connectivity index (χ1v) is 21.6. The minimum Gasteiger partial charge on any atom is -0.309 e. The Morgan fingerprint density at radius 3 is 1.55 bits per heavy atom. The molecule has 0 saturated heterocycles. The number of rotatable bonds is 6. The molecule has 0 bridgehead atoms. The van der Waals surface area contributed by atoms with E-state index in [-0.39, 0.29) is 5.56 Å². The number of nitrogens with zero attached hydrogens (tertiary/aromatic N) is 4. The van der Waals surface area contributed by atoms with E-state index in [1.807, 2.05) is 78.9 Å². The van der Waals surface area contributed by atoms with Crippen LogP contribution in [0, 0.1) is 36.5 Å². The maximum absolute atomic E-state index is 14.1. The largest absolute Gasteiger partial charge is 0.416 e. The van der Waals surface area contributed by atoms with Crippen molar-refractivity contribution < 1.29 is 13.2 Å². The van der Waals surface area contributed by atoms with E-state index in [2.05, 4.69) is 120 Å². The molecule has 11 rings (SSSR count). The van der Waals surface area contributed by atoms with E-state index in [1.54, 1.807) is 6.07 Å². The van der Waals surface area contributed by atoms with Gasteiger partial charge in [-0.1, -0.05) is 109 Å². The number of benzene rings is 9. The Morgan fingerprint density at radius 2 is 0.955 bits per heavy atom. The van der Waals surface area contributed by atoms with Gasteiger partial charge in [0.15, 0.2) is 0 Å². The number of nitriles is 2. The third kappa shape index (κ3) is 6.52.